The highest BCUT2D eigenvalue weighted by atomic mass is 35.5. The lowest BCUT2D eigenvalue weighted by Gasteiger charge is -2.33. The van der Waals surface area contributed by atoms with Crippen molar-refractivity contribution >= 4 is 44.8 Å². The predicted molar refractivity (Wildman–Crippen MR) is 158 cm³/mol. The Bertz CT molecular complexity index is 1430. The number of carbonyl (C=O) groups is 2. The van der Waals surface area contributed by atoms with E-state index in [2.05, 4.69) is 5.32 Å². The lowest BCUT2D eigenvalue weighted by molar-refractivity contribution is -0.384. The fourth-order valence-corrected chi connectivity index (χ4v) is 5.76. The van der Waals surface area contributed by atoms with E-state index < -0.39 is 33.4 Å². The molecule has 0 unspecified atom stereocenters. The van der Waals surface area contributed by atoms with Crippen molar-refractivity contribution in [2.75, 3.05) is 17.4 Å². The number of rotatable bonds is 14. The third kappa shape index (κ3) is 8.27. The molecule has 12 heteroatoms. The van der Waals surface area contributed by atoms with E-state index in [-0.39, 0.29) is 28.7 Å². The monoisotopic (exact) mass is 600 g/mol. The highest BCUT2D eigenvalue weighted by molar-refractivity contribution is 7.92. The molecule has 0 fully saturated rings. The number of non-ortho nitro benzene ring substituents is 1. The van der Waals surface area contributed by atoms with Crippen molar-refractivity contribution in [2.45, 2.75) is 50.6 Å². The van der Waals surface area contributed by atoms with E-state index in [1.54, 1.807) is 49.4 Å². The van der Waals surface area contributed by atoms with E-state index in [9.17, 15) is 28.1 Å². The summed E-state index contributed by atoms with van der Waals surface area (Å²) in [6, 6.07) is 18.4. The SMILES string of the molecule is CCCCNC(=O)[C@H](CC)N(Cc1ccc(Cl)cc1)C(=O)CN(c1ccc([N+](=O)[O-])cc1)S(=O)(=O)c1ccccc1. The van der Waals surface area contributed by atoms with Crippen LogP contribution < -0.4 is 9.62 Å². The first-order valence-corrected chi connectivity index (χ1v) is 15.0. The first-order valence-electron chi connectivity index (χ1n) is 13.2. The third-order valence-electron chi connectivity index (χ3n) is 6.44. The fraction of sp³-hybridized carbons (Fsp3) is 0.310. The number of carbonyl (C=O) groups excluding carboxylic acids is 2. The van der Waals surface area contributed by atoms with Crippen LogP contribution in [0.5, 0.6) is 0 Å². The Morgan fingerprint density at radius 1 is 0.976 bits per heavy atom. The first kappa shape index (κ1) is 31.6. The molecule has 1 atom stereocenters. The first-order chi connectivity index (χ1) is 19.6. The molecule has 3 aromatic carbocycles. The van der Waals surface area contributed by atoms with E-state index in [4.69, 9.17) is 11.6 Å². The summed E-state index contributed by atoms with van der Waals surface area (Å²) in [6.07, 6.45) is 1.95. The van der Waals surface area contributed by atoms with Crippen LogP contribution in [0.15, 0.2) is 83.8 Å². The number of nitrogens with one attached hydrogen (secondary N) is 1. The summed E-state index contributed by atoms with van der Waals surface area (Å²) < 4.78 is 28.5. The van der Waals surface area contributed by atoms with Gasteiger partial charge in [0.1, 0.15) is 12.6 Å². The van der Waals surface area contributed by atoms with Gasteiger partial charge in [0.05, 0.1) is 15.5 Å². The summed E-state index contributed by atoms with van der Waals surface area (Å²) in [5.74, 6) is -0.952. The fourth-order valence-electron chi connectivity index (χ4n) is 4.20. The molecule has 0 bridgehead atoms. The standard InChI is InChI=1S/C29H33ClN4O6S/c1-3-5-19-31-29(36)27(4-2)32(20-22-11-13-23(30)14-12-22)28(35)21-33(24-15-17-25(18-16-24)34(37)38)41(39,40)26-9-7-6-8-10-26/h6-18,27H,3-5,19-21H2,1-2H3,(H,31,36)/t27-/m0/s1. The maximum absolute atomic E-state index is 14.0. The van der Waals surface area contributed by atoms with E-state index in [1.165, 1.54) is 41.3 Å². The van der Waals surface area contributed by atoms with Gasteiger partial charge in [-0.05, 0) is 54.8 Å². The summed E-state index contributed by atoms with van der Waals surface area (Å²) >= 11 is 6.04. The van der Waals surface area contributed by atoms with E-state index in [0.717, 1.165) is 17.1 Å². The molecule has 1 N–H and O–H groups in total. The van der Waals surface area contributed by atoms with Gasteiger partial charge in [-0.1, -0.05) is 62.2 Å². The van der Waals surface area contributed by atoms with E-state index >= 15 is 0 Å². The second-order valence-corrected chi connectivity index (χ2v) is 11.6. The highest BCUT2D eigenvalue weighted by Gasteiger charge is 2.33. The number of nitro groups is 1. The van der Waals surface area contributed by atoms with Crippen LogP contribution in [0.25, 0.3) is 0 Å². The quantitative estimate of drug-likeness (QED) is 0.154. The number of hydrogen-bond acceptors (Lipinski definition) is 6. The minimum atomic E-state index is -4.27. The zero-order valence-corrected chi connectivity index (χ0v) is 24.5. The van der Waals surface area contributed by atoms with Gasteiger partial charge in [-0.2, -0.15) is 0 Å². The molecular formula is C29H33ClN4O6S. The van der Waals surface area contributed by atoms with Crippen LogP contribution in [0, 0.1) is 10.1 Å². The molecule has 41 heavy (non-hydrogen) atoms. The summed E-state index contributed by atoms with van der Waals surface area (Å²) in [4.78, 5) is 39.1. The zero-order chi connectivity index (χ0) is 30.0. The molecule has 0 spiro atoms. The Balaban J connectivity index is 2.03. The number of hydrogen-bond donors (Lipinski definition) is 1. The molecule has 0 saturated heterocycles. The summed E-state index contributed by atoms with van der Waals surface area (Å²) in [5, 5.41) is 14.6. The largest absolute Gasteiger partial charge is 0.354 e. The van der Waals surface area contributed by atoms with Crippen molar-refractivity contribution in [3.63, 3.8) is 0 Å². The molecule has 0 aliphatic rings. The summed E-state index contributed by atoms with van der Waals surface area (Å²) in [6.45, 7) is 3.63. The third-order valence-corrected chi connectivity index (χ3v) is 8.48. The van der Waals surface area contributed by atoms with Gasteiger partial charge in [0.15, 0.2) is 0 Å². The zero-order valence-electron chi connectivity index (χ0n) is 22.9. The lowest BCUT2D eigenvalue weighted by atomic mass is 10.1. The Morgan fingerprint density at radius 2 is 1.61 bits per heavy atom. The normalized spacial score (nSPS) is 11.9. The molecule has 0 aromatic heterocycles. The van der Waals surface area contributed by atoms with Crippen LogP contribution in [0.3, 0.4) is 0 Å². The van der Waals surface area contributed by atoms with Crippen LogP contribution in [-0.4, -0.2) is 49.2 Å². The maximum Gasteiger partial charge on any atom is 0.269 e. The topological polar surface area (TPSA) is 130 Å². The Hall–Kier alpha value is -3.96. The van der Waals surface area contributed by atoms with E-state index in [0.29, 0.717) is 23.6 Å². The predicted octanol–water partition coefficient (Wildman–Crippen LogP) is 5.17. The molecule has 0 saturated carbocycles. The average Bonchev–Trinajstić information content (AvgIpc) is 2.97. The van der Waals surface area contributed by atoms with Crippen molar-refractivity contribution in [3.8, 4) is 0 Å². The van der Waals surface area contributed by atoms with Crippen molar-refractivity contribution in [1.29, 1.82) is 0 Å². The number of unbranched alkanes of at least 4 members (excludes halogenated alkanes) is 1. The van der Waals surface area contributed by atoms with Crippen molar-refractivity contribution in [3.05, 3.63) is 99.6 Å². The van der Waals surface area contributed by atoms with Gasteiger partial charge in [0.2, 0.25) is 11.8 Å². The molecule has 218 valence electrons. The molecule has 0 radical (unpaired) electrons. The minimum Gasteiger partial charge on any atom is -0.354 e. The molecule has 2 amide bonds. The Labute approximate surface area is 245 Å². The Kier molecular flexibility index (Phi) is 11.2. The molecule has 10 nitrogen and oxygen atoms in total. The highest BCUT2D eigenvalue weighted by Crippen LogP contribution is 2.27. The molecule has 3 aromatic rings. The van der Waals surface area contributed by atoms with Gasteiger partial charge in [-0.15, -0.1) is 0 Å². The van der Waals surface area contributed by atoms with Gasteiger partial charge >= 0.3 is 0 Å². The van der Waals surface area contributed by atoms with Gasteiger partial charge in [-0.25, -0.2) is 8.42 Å². The van der Waals surface area contributed by atoms with Crippen LogP contribution in [0.4, 0.5) is 11.4 Å². The lowest BCUT2D eigenvalue weighted by Crippen LogP contribution is -2.52. The molecule has 0 aliphatic heterocycles. The summed E-state index contributed by atoms with van der Waals surface area (Å²) in [5.41, 5.74) is 0.548. The second kappa shape index (κ2) is 14.6. The van der Waals surface area contributed by atoms with Gasteiger partial charge in [0, 0.05) is 30.2 Å². The number of halogens is 1. The Morgan fingerprint density at radius 3 is 2.17 bits per heavy atom. The smallest absolute Gasteiger partial charge is 0.269 e. The number of amides is 2. The van der Waals surface area contributed by atoms with Gasteiger partial charge in [-0.3, -0.25) is 24.0 Å². The van der Waals surface area contributed by atoms with Crippen molar-refractivity contribution in [2.24, 2.45) is 0 Å². The van der Waals surface area contributed by atoms with Gasteiger partial charge in [0.25, 0.3) is 15.7 Å². The molecule has 0 aliphatic carbocycles. The van der Waals surface area contributed by atoms with E-state index in [1.807, 2.05) is 6.92 Å². The van der Waals surface area contributed by atoms with Crippen LogP contribution in [0.1, 0.15) is 38.7 Å². The van der Waals surface area contributed by atoms with Crippen LogP contribution in [-0.2, 0) is 26.2 Å². The van der Waals surface area contributed by atoms with Crippen molar-refractivity contribution in [1.82, 2.24) is 10.2 Å². The second-order valence-electron chi connectivity index (χ2n) is 9.31. The number of anilines is 1. The molecular weight excluding hydrogens is 568 g/mol. The van der Waals surface area contributed by atoms with Crippen LogP contribution in [0.2, 0.25) is 5.02 Å². The minimum absolute atomic E-state index is 0.0369. The molecule has 3 rings (SSSR count). The average molecular weight is 601 g/mol. The number of benzene rings is 3. The maximum atomic E-state index is 14.0. The van der Waals surface area contributed by atoms with Crippen molar-refractivity contribution < 1.29 is 22.9 Å². The molecule has 0 heterocycles. The number of sulfonamides is 1. The number of nitro benzene ring substituents is 1. The number of nitrogens with zero attached hydrogens (tertiary/aromatic N) is 3. The summed E-state index contributed by atoms with van der Waals surface area (Å²) in [7, 11) is -4.27. The van der Waals surface area contributed by atoms with Gasteiger partial charge < -0.3 is 10.2 Å². The van der Waals surface area contributed by atoms with Crippen LogP contribution >= 0.6 is 11.6 Å².